The van der Waals surface area contributed by atoms with Crippen LogP contribution in [0.25, 0.3) is 6.08 Å². The first-order chi connectivity index (χ1) is 14.5. The van der Waals surface area contributed by atoms with Gasteiger partial charge in [-0.1, -0.05) is 31.2 Å². The molecule has 0 aromatic heterocycles. The number of rotatable bonds is 3. The van der Waals surface area contributed by atoms with Crippen LogP contribution in [0, 0.1) is 23.0 Å². The molecule has 0 aliphatic carbocycles. The molecule has 1 unspecified atom stereocenters. The van der Waals surface area contributed by atoms with E-state index in [2.05, 4.69) is 11.0 Å². The van der Waals surface area contributed by atoms with Crippen LogP contribution in [0.5, 0.6) is 0 Å². The number of likely N-dealkylation sites (N-methyl/N-ethyl adjacent to an activating group) is 1. The number of nitrogens with two attached hydrogens (primary N) is 1. The fourth-order valence-corrected chi connectivity index (χ4v) is 4.03. The molecule has 4 rings (SSSR count). The zero-order valence-corrected chi connectivity index (χ0v) is 16.5. The van der Waals surface area contributed by atoms with E-state index in [1.54, 1.807) is 18.2 Å². The van der Waals surface area contributed by atoms with Crippen molar-refractivity contribution >= 4 is 6.08 Å². The summed E-state index contributed by atoms with van der Waals surface area (Å²) in [5.74, 6) is -0.610. The van der Waals surface area contributed by atoms with Crippen molar-refractivity contribution in [3.63, 3.8) is 0 Å². The molecule has 0 saturated carbocycles. The van der Waals surface area contributed by atoms with E-state index in [0.29, 0.717) is 30.0 Å². The summed E-state index contributed by atoms with van der Waals surface area (Å²) >= 11 is 0. The molecule has 152 valence electrons. The summed E-state index contributed by atoms with van der Waals surface area (Å²) in [6.45, 7) is 3.97. The van der Waals surface area contributed by atoms with Gasteiger partial charge in [0.15, 0.2) is 0 Å². The Hall–Kier alpha value is -3.43. The van der Waals surface area contributed by atoms with Gasteiger partial charge >= 0.3 is 0 Å². The highest BCUT2D eigenvalue weighted by Crippen LogP contribution is 2.43. The predicted molar refractivity (Wildman–Crippen MR) is 111 cm³/mol. The van der Waals surface area contributed by atoms with E-state index in [0.717, 1.165) is 17.7 Å². The zero-order valence-electron chi connectivity index (χ0n) is 16.5. The second kappa shape index (κ2) is 8.13. The van der Waals surface area contributed by atoms with E-state index in [9.17, 15) is 14.0 Å². The minimum atomic E-state index is -0.500. The van der Waals surface area contributed by atoms with Crippen molar-refractivity contribution in [2.75, 3.05) is 19.6 Å². The molecule has 0 spiro atoms. The molecule has 0 radical (unpaired) electrons. The summed E-state index contributed by atoms with van der Waals surface area (Å²) < 4.78 is 33.6. The maximum absolute atomic E-state index is 14.0. The maximum Gasteiger partial charge on any atom is 0.205 e. The zero-order chi connectivity index (χ0) is 21.3. The first kappa shape index (κ1) is 19.9. The number of benzene rings is 2. The lowest BCUT2D eigenvalue weighted by atomic mass is 9.80. The van der Waals surface area contributed by atoms with E-state index in [4.69, 9.17) is 10.5 Å². The minimum absolute atomic E-state index is 0.0144. The topological polar surface area (TPSA) is 62.3 Å². The molecule has 1 atom stereocenters. The van der Waals surface area contributed by atoms with Crippen molar-refractivity contribution in [2.45, 2.75) is 12.8 Å². The third-order valence-electron chi connectivity index (χ3n) is 5.43. The molecule has 0 fully saturated rings. The van der Waals surface area contributed by atoms with Crippen LogP contribution in [0.15, 0.2) is 76.9 Å². The Kier molecular flexibility index (Phi) is 5.39. The second-order valence-corrected chi connectivity index (χ2v) is 7.36. The summed E-state index contributed by atoms with van der Waals surface area (Å²) in [6.07, 6.45) is 1.87. The van der Waals surface area contributed by atoms with Crippen LogP contribution < -0.4 is 5.73 Å². The number of hydrogen-bond acceptors (Lipinski definition) is 4. The Morgan fingerprint density at radius 2 is 1.90 bits per heavy atom. The Morgan fingerprint density at radius 1 is 1.17 bits per heavy atom. The van der Waals surface area contributed by atoms with E-state index in [1.165, 1.54) is 24.3 Å². The van der Waals surface area contributed by atoms with Gasteiger partial charge in [-0.25, -0.2) is 8.78 Å². The van der Waals surface area contributed by atoms with Gasteiger partial charge in [0.1, 0.15) is 29.0 Å². The Bertz CT molecular complexity index is 1130. The van der Waals surface area contributed by atoms with Crippen molar-refractivity contribution < 1.29 is 13.5 Å². The van der Waals surface area contributed by atoms with Gasteiger partial charge in [-0.2, -0.15) is 5.26 Å². The SMILES string of the molecule is CCN1CC(=Cc2cccc(F)c2)C2=C(C1)C(c1cccc(F)c1)C(C#N)=C(N)O2. The molecule has 2 aliphatic heterocycles. The number of ether oxygens (including phenoxy) is 1. The number of allylic oxidation sites excluding steroid dienone is 1. The second-order valence-electron chi connectivity index (χ2n) is 7.36. The Morgan fingerprint density at radius 3 is 2.57 bits per heavy atom. The number of hydrogen-bond donors (Lipinski definition) is 1. The molecule has 2 aromatic carbocycles. The average Bonchev–Trinajstić information content (AvgIpc) is 2.73. The Balaban J connectivity index is 1.89. The number of nitrogens with zero attached hydrogens (tertiary/aromatic N) is 2. The normalized spacial score (nSPS) is 20.7. The van der Waals surface area contributed by atoms with Crippen molar-refractivity contribution in [1.82, 2.24) is 4.90 Å². The van der Waals surface area contributed by atoms with Gasteiger partial charge in [0.2, 0.25) is 5.88 Å². The number of halogens is 2. The third kappa shape index (κ3) is 3.72. The average molecular weight is 405 g/mol. The lowest BCUT2D eigenvalue weighted by Crippen LogP contribution is -2.38. The third-order valence-corrected chi connectivity index (χ3v) is 5.43. The lowest BCUT2D eigenvalue weighted by molar-refractivity contribution is 0.239. The molecular formula is C24H21F2N3O. The van der Waals surface area contributed by atoms with Crippen molar-refractivity contribution in [3.8, 4) is 6.07 Å². The largest absolute Gasteiger partial charge is 0.440 e. The van der Waals surface area contributed by atoms with Gasteiger partial charge in [-0.3, -0.25) is 4.90 Å². The van der Waals surface area contributed by atoms with Crippen molar-refractivity contribution in [1.29, 1.82) is 5.26 Å². The van der Waals surface area contributed by atoms with E-state index in [1.807, 2.05) is 19.1 Å². The molecule has 0 bridgehead atoms. The van der Waals surface area contributed by atoms with Crippen LogP contribution in [-0.2, 0) is 4.74 Å². The smallest absolute Gasteiger partial charge is 0.205 e. The van der Waals surface area contributed by atoms with E-state index in [-0.39, 0.29) is 23.1 Å². The van der Waals surface area contributed by atoms with Gasteiger partial charge < -0.3 is 10.5 Å². The Labute approximate surface area is 174 Å². The fraction of sp³-hybridized carbons (Fsp3) is 0.208. The lowest BCUT2D eigenvalue weighted by Gasteiger charge is -2.38. The molecule has 2 N–H and O–H groups in total. The maximum atomic E-state index is 14.0. The first-order valence-corrected chi connectivity index (χ1v) is 9.75. The summed E-state index contributed by atoms with van der Waals surface area (Å²) in [6, 6.07) is 14.6. The van der Waals surface area contributed by atoms with E-state index >= 15 is 0 Å². The highest BCUT2D eigenvalue weighted by atomic mass is 19.1. The molecule has 0 amide bonds. The molecule has 0 saturated heterocycles. The van der Waals surface area contributed by atoms with Crippen LogP contribution in [0.4, 0.5) is 8.78 Å². The van der Waals surface area contributed by atoms with Crippen LogP contribution in [0.3, 0.4) is 0 Å². The van der Waals surface area contributed by atoms with Crippen LogP contribution in [0.1, 0.15) is 24.0 Å². The summed E-state index contributed by atoms with van der Waals surface area (Å²) in [5.41, 5.74) is 9.42. The van der Waals surface area contributed by atoms with E-state index < -0.39 is 5.92 Å². The van der Waals surface area contributed by atoms with Crippen molar-refractivity contribution in [3.05, 3.63) is 99.7 Å². The molecule has 30 heavy (non-hydrogen) atoms. The molecule has 2 heterocycles. The molecule has 2 aliphatic rings. The molecule has 6 heteroatoms. The predicted octanol–water partition coefficient (Wildman–Crippen LogP) is 4.45. The summed E-state index contributed by atoms with van der Waals surface area (Å²) in [4.78, 5) is 2.19. The summed E-state index contributed by atoms with van der Waals surface area (Å²) in [7, 11) is 0. The standard InChI is InChI=1S/C24H21F2N3O/c1-2-29-13-17(9-15-5-3-7-18(25)10-15)23-21(14-29)22(20(12-27)24(28)30-23)16-6-4-8-19(26)11-16/h3-11,22H,2,13-14,28H2,1H3. The van der Waals surface area contributed by atoms with Gasteiger partial charge in [0.25, 0.3) is 0 Å². The fourth-order valence-electron chi connectivity index (χ4n) is 4.03. The highest BCUT2D eigenvalue weighted by Gasteiger charge is 2.37. The monoisotopic (exact) mass is 405 g/mol. The highest BCUT2D eigenvalue weighted by molar-refractivity contribution is 5.63. The minimum Gasteiger partial charge on any atom is -0.440 e. The molecule has 2 aromatic rings. The van der Waals surface area contributed by atoms with Gasteiger partial charge in [-0.15, -0.1) is 0 Å². The van der Waals surface area contributed by atoms with Crippen molar-refractivity contribution in [2.24, 2.45) is 5.73 Å². The van der Waals surface area contributed by atoms with Gasteiger partial charge in [0, 0.05) is 18.7 Å². The van der Waals surface area contributed by atoms with Gasteiger partial charge in [0.05, 0.1) is 5.92 Å². The number of nitriles is 1. The quantitative estimate of drug-likeness (QED) is 0.820. The molecule has 4 nitrogen and oxygen atoms in total. The van der Waals surface area contributed by atoms with Gasteiger partial charge in [-0.05, 0) is 53.6 Å². The van der Waals surface area contributed by atoms with Crippen LogP contribution in [-0.4, -0.2) is 24.5 Å². The summed E-state index contributed by atoms with van der Waals surface area (Å²) in [5, 5.41) is 9.75. The van der Waals surface area contributed by atoms with Crippen LogP contribution in [0.2, 0.25) is 0 Å². The first-order valence-electron chi connectivity index (χ1n) is 9.75. The molecular weight excluding hydrogens is 384 g/mol. The van der Waals surface area contributed by atoms with Crippen LogP contribution >= 0.6 is 0 Å².